The van der Waals surface area contributed by atoms with E-state index in [2.05, 4.69) is 25.8 Å². The van der Waals surface area contributed by atoms with Crippen molar-refractivity contribution in [2.45, 2.75) is 25.4 Å². The fourth-order valence-corrected chi connectivity index (χ4v) is 3.37. The van der Waals surface area contributed by atoms with Gasteiger partial charge in [0.2, 0.25) is 5.91 Å². The van der Waals surface area contributed by atoms with Crippen molar-refractivity contribution in [1.82, 2.24) is 20.9 Å². The lowest BCUT2D eigenvalue weighted by Crippen LogP contribution is -2.42. The van der Waals surface area contributed by atoms with Crippen LogP contribution in [0.1, 0.15) is 28.8 Å². The molecule has 8 heteroatoms. The summed E-state index contributed by atoms with van der Waals surface area (Å²) in [4.78, 5) is 29.9. The Morgan fingerprint density at radius 1 is 1.28 bits per heavy atom. The summed E-state index contributed by atoms with van der Waals surface area (Å²) in [6.45, 7) is 1.55. The van der Waals surface area contributed by atoms with Gasteiger partial charge in [0.1, 0.15) is 11.6 Å². The Labute approximate surface area is 169 Å². The fraction of sp³-hybridized carbons (Fsp3) is 0.381. The Bertz CT molecular complexity index is 843. The number of benzene rings is 1. The van der Waals surface area contributed by atoms with Crippen LogP contribution in [0.3, 0.4) is 0 Å². The van der Waals surface area contributed by atoms with Gasteiger partial charge in [-0.3, -0.25) is 14.9 Å². The zero-order chi connectivity index (χ0) is 20.6. The smallest absolute Gasteiger partial charge is 0.253 e. The molecule has 2 heterocycles. The van der Waals surface area contributed by atoms with Gasteiger partial charge in [0.15, 0.2) is 0 Å². The molecule has 1 aromatic carbocycles. The molecule has 0 aliphatic carbocycles. The van der Waals surface area contributed by atoms with Gasteiger partial charge < -0.3 is 15.5 Å². The topological polar surface area (TPSA) is 86.4 Å². The highest BCUT2D eigenvalue weighted by Crippen LogP contribution is 2.22. The molecule has 2 aromatic rings. The number of nitrogens with one attached hydrogen (secondary N) is 3. The number of hydrogen-bond donors (Lipinski definition) is 3. The van der Waals surface area contributed by atoms with E-state index in [0.29, 0.717) is 5.56 Å². The van der Waals surface area contributed by atoms with Crippen molar-refractivity contribution in [3.8, 4) is 0 Å². The normalized spacial score (nSPS) is 15.9. The molecule has 1 unspecified atom stereocenters. The molecule has 7 nitrogen and oxygen atoms in total. The van der Waals surface area contributed by atoms with Crippen molar-refractivity contribution in [2.75, 3.05) is 31.6 Å². The number of nitrogens with zero attached hydrogens (tertiary/aromatic N) is 2. The Hall–Kier alpha value is -3.00. The third kappa shape index (κ3) is 5.74. The first kappa shape index (κ1) is 20.7. The Morgan fingerprint density at radius 2 is 2.14 bits per heavy atom. The number of anilines is 1. The van der Waals surface area contributed by atoms with Crippen LogP contribution in [-0.2, 0) is 11.2 Å². The number of amides is 2. The molecule has 0 spiro atoms. The molecule has 2 amide bonds. The highest BCUT2D eigenvalue weighted by atomic mass is 19.1. The van der Waals surface area contributed by atoms with Gasteiger partial charge in [0, 0.05) is 26.3 Å². The zero-order valence-corrected chi connectivity index (χ0v) is 16.5. The summed E-state index contributed by atoms with van der Waals surface area (Å²) >= 11 is 0. The van der Waals surface area contributed by atoms with Crippen LogP contribution in [0.5, 0.6) is 0 Å². The Kier molecular flexibility index (Phi) is 7.13. The zero-order valence-electron chi connectivity index (χ0n) is 16.5. The molecule has 1 saturated heterocycles. The van der Waals surface area contributed by atoms with Gasteiger partial charge in [-0.2, -0.15) is 0 Å². The third-order valence-corrected chi connectivity index (χ3v) is 4.93. The summed E-state index contributed by atoms with van der Waals surface area (Å²) in [5, 5.41) is 8.52. The number of aromatic nitrogens is 1. The lowest BCUT2D eigenvalue weighted by molar-refractivity contribution is -0.119. The van der Waals surface area contributed by atoms with Crippen LogP contribution in [0, 0.1) is 5.82 Å². The number of carbonyl (C=O) groups is 2. The van der Waals surface area contributed by atoms with Gasteiger partial charge in [-0.05, 0) is 49.1 Å². The molecular weight excluding hydrogens is 373 g/mol. The van der Waals surface area contributed by atoms with E-state index in [0.717, 1.165) is 43.7 Å². The number of likely N-dealkylation sites (N-methyl/N-ethyl adjacent to an activating group) is 1. The minimum absolute atomic E-state index is 0.0689. The van der Waals surface area contributed by atoms with Gasteiger partial charge in [0.25, 0.3) is 5.91 Å². The molecule has 154 valence electrons. The number of carbonyl (C=O) groups excluding carboxylic acids is 2. The average molecular weight is 399 g/mol. The SMILES string of the molecule is CNC(=O)CNC(=O)c1ccc(N2CCCC2NCCc2cccc(F)c2)nc1. The van der Waals surface area contributed by atoms with Gasteiger partial charge in [-0.1, -0.05) is 12.1 Å². The Morgan fingerprint density at radius 3 is 2.86 bits per heavy atom. The van der Waals surface area contributed by atoms with Crippen molar-refractivity contribution in [3.05, 3.63) is 59.5 Å². The molecule has 1 atom stereocenters. The summed E-state index contributed by atoms with van der Waals surface area (Å²) in [6, 6.07) is 10.2. The molecule has 0 radical (unpaired) electrons. The van der Waals surface area contributed by atoms with E-state index in [1.165, 1.54) is 19.3 Å². The number of rotatable bonds is 8. The summed E-state index contributed by atoms with van der Waals surface area (Å²) in [5.41, 5.74) is 1.37. The summed E-state index contributed by atoms with van der Waals surface area (Å²) in [6.07, 6.45) is 4.48. The first-order chi connectivity index (χ1) is 14.1. The molecule has 0 saturated carbocycles. The van der Waals surface area contributed by atoms with E-state index in [1.807, 2.05) is 12.1 Å². The average Bonchev–Trinajstić information content (AvgIpc) is 3.20. The third-order valence-electron chi connectivity index (χ3n) is 4.93. The highest BCUT2D eigenvalue weighted by Gasteiger charge is 2.25. The fourth-order valence-electron chi connectivity index (χ4n) is 3.37. The predicted molar refractivity (Wildman–Crippen MR) is 109 cm³/mol. The summed E-state index contributed by atoms with van der Waals surface area (Å²) in [7, 11) is 1.52. The molecule has 0 bridgehead atoms. The van der Waals surface area contributed by atoms with Gasteiger partial charge in [-0.15, -0.1) is 0 Å². The van der Waals surface area contributed by atoms with Crippen LogP contribution in [0.25, 0.3) is 0 Å². The predicted octanol–water partition coefficient (Wildman–Crippen LogP) is 1.46. The quantitative estimate of drug-likeness (QED) is 0.626. The van der Waals surface area contributed by atoms with Gasteiger partial charge >= 0.3 is 0 Å². The van der Waals surface area contributed by atoms with Crippen LogP contribution in [-0.4, -0.2) is 49.6 Å². The van der Waals surface area contributed by atoms with Crippen molar-refractivity contribution in [2.24, 2.45) is 0 Å². The maximum atomic E-state index is 13.3. The van der Waals surface area contributed by atoms with Crippen molar-refractivity contribution in [1.29, 1.82) is 0 Å². The molecule has 29 heavy (non-hydrogen) atoms. The van der Waals surface area contributed by atoms with E-state index >= 15 is 0 Å². The van der Waals surface area contributed by atoms with Crippen LogP contribution < -0.4 is 20.9 Å². The number of pyridine rings is 1. The van der Waals surface area contributed by atoms with Crippen LogP contribution in [0.4, 0.5) is 10.2 Å². The van der Waals surface area contributed by atoms with Gasteiger partial charge in [0.05, 0.1) is 18.3 Å². The molecule has 1 aliphatic rings. The maximum absolute atomic E-state index is 13.3. The van der Waals surface area contributed by atoms with E-state index in [9.17, 15) is 14.0 Å². The van der Waals surface area contributed by atoms with Crippen molar-refractivity contribution < 1.29 is 14.0 Å². The van der Waals surface area contributed by atoms with E-state index in [4.69, 9.17) is 0 Å². The maximum Gasteiger partial charge on any atom is 0.253 e. The monoisotopic (exact) mass is 399 g/mol. The van der Waals surface area contributed by atoms with Crippen LogP contribution >= 0.6 is 0 Å². The minimum atomic E-state index is -0.334. The van der Waals surface area contributed by atoms with Crippen LogP contribution in [0.15, 0.2) is 42.6 Å². The number of halogens is 1. The minimum Gasteiger partial charge on any atom is -0.358 e. The van der Waals surface area contributed by atoms with Crippen molar-refractivity contribution in [3.63, 3.8) is 0 Å². The molecule has 1 aliphatic heterocycles. The second kappa shape index (κ2) is 9.97. The number of hydrogen-bond acceptors (Lipinski definition) is 5. The Balaban J connectivity index is 1.53. The molecule has 1 fully saturated rings. The summed E-state index contributed by atoms with van der Waals surface area (Å²) in [5.74, 6) is -0.00626. The second-order valence-corrected chi connectivity index (χ2v) is 6.95. The first-order valence-electron chi connectivity index (χ1n) is 9.76. The lowest BCUT2D eigenvalue weighted by Gasteiger charge is -2.26. The molecule has 3 N–H and O–H groups in total. The van der Waals surface area contributed by atoms with Crippen molar-refractivity contribution >= 4 is 17.6 Å². The van der Waals surface area contributed by atoms with E-state index in [-0.39, 0.29) is 30.3 Å². The molecule has 3 rings (SSSR count). The van der Waals surface area contributed by atoms with E-state index in [1.54, 1.807) is 18.2 Å². The largest absolute Gasteiger partial charge is 0.358 e. The lowest BCUT2D eigenvalue weighted by atomic mass is 10.1. The highest BCUT2D eigenvalue weighted by molar-refractivity contribution is 5.96. The second-order valence-electron chi connectivity index (χ2n) is 6.95. The van der Waals surface area contributed by atoms with Crippen LogP contribution in [0.2, 0.25) is 0 Å². The van der Waals surface area contributed by atoms with Gasteiger partial charge in [-0.25, -0.2) is 9.37 Å². The molecule has 1 aromatic heterocycles. The molecular formula is C21H26FN5O2. The van der Waals surface area contributed by atoms with E-state index < -0.39 is 0 Å². The standard InChI is InChI=1S/C21H26FN5O2/c1-23-20(28)14-26-21(29)16-7-8-19(25-13-16)27-11-3-6-18(27)24-10-9-15-4-2-5-17(22)12-15/h2,4-5,7-8,12-13,18,24H,3,6,9-11,14H2,1H3,(H,23,28)(H,26,29). The first-order valence-corrected chi connectivity index (χ1v) is 9.76. The summed E-state index contributed by atoms with van der Waals surface area (Å²) < 4.78 is 13.3.